The summed E-state index contributed by atoms with van der Waals surface area (Å²) in [6.45, 7) is 4.76. The van der Waals surface area contributed by atoms with Gasteiger partial charge in [-0.05, 0) is 59.2 Å². The van der Waals surface area contributed by atoms with Crippen molar-refractivity contribution in [2.45, 2.75) is 20.4 Å². The summed E-state index contributed by atoms with van der Waals surface area (Å²) >= 11 is 0. The summed E-state index contributed by atoms with van der Waals surface area (Å²) in [7, 11) is 0. The van der Waals surface area contributed by atoms with E-state index in [-0.39, 0.29) is 0 Å². The topological polar surface area (TPSA) is 69.6 Å². The van der Waals surface area contributed by atoms with Crippen molar-refractivity contribution in [3.05, 3.63) is 59.2 Å². The van der Waals surface area contributed by atoms with Crippen LogP contribution in [-0.2, 0) is 6.54 Å². The zero-order chi connectivity index (χ0) is 14.8. The number of rotatable bonds is 3. The van der Waals surface area contributed by atoms with Crippen molar-refractivity contribution in [3.63, 3.8) is 0 Å². The molecule has 0 atom stereocenters. The largest absolute Gasteiger partial charge is 0.399 e. The quantitative estimate of drug-likeness (QED) is 0.748. The lowest BCUT2D eigenvalue weighted by atomic mass is 10.1. The minimum absolute atomic E-state index is 0.652. The molecule has 0 fully saturated rings. The molecule has 5 nitrogen and oxygen atoms in total. The summed E-state index contributed by atoms with van der Waals surface area (Å²) in [4.78, 5) is 0. The Kier molecular flexibility index (Phi) is 3.39. The lowest BCUT2D eigenvalue weighted by molar-refractivity contribution is 0.651. The number of aromatic nitrogens is 4. The Balaban J connectivity index is 2.00. The fraction of sp³-hybridized carbons (Fsp3) is 0.188. The molecule has 106 valence electrons. The van der Waals surface area contributed by atoms with E-state index in [0.29, 0.717) is 6.54 Å². The van der Waals surface area contributed by atoms with Crippen molar-refractivity contribution in [1.29, 1.82) is 0 Å². The fourth-order valence-corrected chi connectivity index (χ4v) is 2.39. The van der Waals surface area contributed by atoms with Gasteiger partial charge in [0.05, 0.1) is 6.54 Å². The maximum Gasteiger partial charge on any atom is 0.182 e. The van der Waals surface area contributed by atoms with Gasteiger partial charge in [0.1, 0.15) is 0 Å². The van der Waals surface area contributed by atoms with E-state index in [0.717, 1.165) is 22.6 Å². The first-order valence-corrected chi connectivity index (χ1v) is 6.82. The molecule has 3 aromatic rings. The molecule has 2 N–H and O–H groups in total. The van der Waals surface area contributed by atoms with E-state index in [1.807, 2.05) is 41.9 Å². The molecular formula is C16H17N5. The molecule has 1 aromatic heterocycles. The van der Waals surface area contributed by atoms with E-state index in [4.69, 9.17) is 5.73 Å². The number of benzene rings is 2. The van der Waals surface area contributed by atoms with Crippen LogP contribution in [0.15, 0.2) is 42.5 Å². The van der Waals surface area contributed by atoms with Gasteiger partial charge in [-0.1, -0.05) is 24.3 Å². The summed E-state index contributed by atoms with van der Waals surface area (Å²) in [5, 5.41) is 12.1. The fourth-order valence-electron chi connectivity index (χ4n) is 2.39. The van der Waals surface area contributed by atoms with Crippen LogP contribution in [0, 0.1) is 13.8 Å². The number of hydrogen-bond acceptors (Lipinski definition) is 4. The number of hydrogen-bond donors (Lipinski definition) is 1. The van der Waals surface area contributed by atoms with Crippen LogP contribution in [0.4, 0.5) is 5.69 Å². The first kappa shape index (κ1) is 13.3. The zero-order valence-corrected chi connectivity index (χ0v) is 12.1. The molecule has 0 saturated carbocycles. The highest BCUT2D eigenvalue weighted by Crippen LogP contribution is 2.23. The van der Waals surface area contributed by atoms with Gasteiger partial charge in [-0.3, -0.25) is 0 Å². The molecule has 0 aliphatic carbocycles. The molecule has 0 aliphatic heterocycles. The molecule has 0 aliphatic rings. The molecule has 0 bridgehead atoms. The van der Waals surface area contributed by atoms with Gasteiger partial charge >= 0.3 is 0 Å². The van der Waals surface area contributed by atoms with Crippen LogP contribution in [0.2, 0.25) is 0 Å². The molecule has 3 rings (SSSR count). The monoisotopic (exact) mass is 279 g/mol. The summed E-state index contributed by atoms with van der Waals surface area (Å²) in [6, 6.07) is 14.0. The van der Waals surface area contributed by atoms with Gasteiger partial charge in [-0.15, -0.1) is 5.10 Å². The smallest absolute Gasteiger partial charge is 0.182 e. The highest BCUT2D eigenvalue weighted by molar-refractivity contribution is 5.63. The lowest BCUT2D eigenvalue weighted by Crippen LogP contribution is -2.06. The van der Waals surface area contributed by atoms with Gasteiger partial charge in [0.2, 0.25) is 0 Å². The van der Waals surface area contributed by atoms with E-state index in [9.17, 15) is 0 Å². The van der Waals surface area contributed by atoms with Crippen LogP contribution in [-0.4, -0.2) is 20.2 Å². The van der Waals surface area contributed by atoms with E-state index >= 15 is 0 Å². The van der Waals surface area contributed by atoms with Gasteiger partial charge in [-0.2, -0.15) is 0 Å². The molecular weight excluding hydrogens is 262 g/mol. The predicted octanol–water partition coefficient (Wildman–Crippen LogP) is 2.59. The molecule has 0 saturated heterocycles. The Bertz CT molecular complexity index is 776. The van der Waals surface area contributed by atoms with E-state index in [1.165, 1.54) is 11.1 Å². The van der Waals surface area contributed by atoms with Crippen LogP contribution in [0.25, 0.3) is 11.4 Å². The molecule has 0 radical (unpaired) electrons. The minimum Gasteiger partial charge on any atom is -0.399 e. The summed E-state index contributed by atoms with van der Waals surface area (Å²) in [5.74, 6) is 0.760. The molecule has 2 aromatic carbocycles. The first-order chi connectivity index (χ1) is 10.1. The number of nitrogen functional groups attached to an aromatic ring is 1. The third-order valence-corrected chi connectivity index (χ3v) is 3.60. The average Bonchev–Trinajstić information content (AvgIpc) is 2.89. The summed E-state index contributed by atoms with van der Waals surface area (Å²) in [5.41, 5.74) is 11.1. The Morgan fingerprint density at radius 3 is 2.62 bits per heavy atom. The van der Waals surface area contributed by atoms with Gasteiger partial charge in [0.15, 0.2) is 5.82 Å². The molecule has 0 unspecified atom stereocenters. The Morgan fingerprint density at radius 2 is 1.86 bits per heavy atom. The predicted molar refractivity (Wildman–Crippen MR) is 82.7 cm³/mol. The van der Waals surface area contributed by atoms with Crippen molar-refractivity contribution in [2.24, 2.45) is 0 Å². The molecule has 0 spiro atoms. The number of nitrogens with zero attached hydrogens (tertiary/aromatic N) is 4. The highest BCUT2D eigenvalue weighted by atomic mass is 15.5. The maximum absolute atomic E-state index is 5.80. The second-order valence-electron chi connectivity index (χ2n) is 5.16. The molecule has 1 heterocycles. The van der Waals surface area contributed by atoms with Crippen LogP contribution in [0.1, 0.15) is 16.7 Å². The molecule has 5 heteroatoms. The van der Waals surface area contributed by atoms with Crippen LogP contribution in [0.3, 0.4) is 0 Å². The van der Waals surface area contributed by atoms with Crippen LogP contribution in [0.5, 0.6) is 0 Å². The maximum atomic E-state index is 5.80. The third-order valence-electron chi connectivity index (χ3n) is 3.60. The van der Waals surface area contributed by atoms with Crippen molar-refractivity contribution < 1.29 is 0 Å². The van der Waals surface area contributed by atoms with Crippen molar-refractivity contribution >= 4 is 5.69 Å². The van der Waals surface area contributed by atoms with E-state index in [1.54, 1.807) is 0 Å². The van der Waals surface area contributed by atoms with Gasteiger partial charge in [0, 0.05) is 11.3 Å². The SMILES string of the molecule is Cc1ccccc1Cn1nnnc1-c1ccc(N)cc1C. The average molecular weight is 279 g/mol. The van der Waals surface area contributed by atoms with Gasteiger partial charge in [0.25, 0.3) is 0 Å². The van der Waals surface area contributed by atoms with Crippen molar-refractivity contribution in [2.75, 3.05) is 5.73 Å². The second-order valence-corrected chi connectivity index (χ2v) is 5.16. The van der Waals surface area contributed by atoms with Crippen molar-refractivity contribution in [3.8, 4) is 11.4 Å². The zero-order valence-electron chi connectivity index (χ0n) is 12.1. The normalized spacial score (nSPS) is 10.8. The van der Waals surface area contributed by atoms with Crippen molar-refractivity contribution in [1.82, 2.24) is 20.2 Å². The lowest BCUT2D eigenvalue weighted by Gasteiger charge is -2.09. The van der Waals surface area contributed by atoms with Gasteiger partial charge < -0.3 is 5.73 Å². The summed E-state index contributed by atoms with van der Waals surface area (Å²) < 4.78 is 1.82. The first-order valence-electron chi connectivity index (χ1n) is 6.82. The van der Waals surface area contributed by atoms with Gasteiger partial charge in [-0.25, -0.2) is 4.68 Å². The van der Waals surface area contributed by atoms with E-state index in [2.05, 4.69) is 34.6 Å². The Labute approximate surface area is 123 Å². The standard InChI is InChI=1S/C16H17N5/c1-11-5-3-4-6-13(11)10-21-16(18-19-20-21)15-8-7-14(17)9-12(15)2/h3-9H,10,17H2,1-2H3. The van der Waals surface area contributed by atoms with E-state index < -0.39 is 0 Å². The summed E-state index contributed by atoms with van der Waals surface area (Å²) in [6.07, 6.45) is 0. The van der Waals surface area contributed by atoms with Crippen LogP contribution < -0.4 is 5.73 Å². The highest BCUT2D eigenvalue weighted by Gasteiger charge is 2.12. The molecule has 0 amide bonds. The number of anilines is 1. The third kappa shape index (κ3) is 2.63. The number of aryl methyl sites for hydroxylation is 2. The molecule has 21 heavy (non-hydrogen) atoms. The Morgan fingerprint density at radius 1 is 1.05 bits per heavy atom. The van der Waals surface area contributed by atoms with Crippen LogP contribution >= 0.6 is 0 Å². The number of tetrazole rings is 1. The minimum atomic E-state index is 0.652. The Hall–Kier alpha value is -2.69. The number of nitrogens with two attached hydrogens (primary N) is 1. The second kappa shape index (κ2) is 5.36.